The molecule has 0 spiro atoms. The summed E-state index contributed by atoms with van der Waals surface area (Å²) in [5.74, 6) is 0.157. The van der Waals surface area contributed by atoms with Crippen molar-refractivity contribution in [3.05, 3.63) is 5.01 Å². The van der Waals surface area contributed by atoms with Crippen molar-refractivity contribution in [2.45, 2.75) is 38.7 Å². The molecule has 6 nitrogen and oxygen atoms in total. The van der Waals surface area contributed by atoms with E-state index < -0.39 is 0 Å². The van der Waals surface area contributed by atoms with Crippen LogP contribution in [0.15, 0.2) is 0 Å². The Labute approximate surface area is 116 Å². The second kappa shape index (κ2) is 6.93. The fourth-order valence-corrected chi connectivity index (χ4v) is 2.59. The van der Waals surface area contributed by atoms with E-state index in [0.29, 0.717) is 11.0 Å². The molecule has 0 radical (unpaired) electrons. The lowest BCUT2D eigenvalue weighted by Gasteiger charge is -2.22. The van der Waals surface area contributed by atoms with E-state index in [0.717, 1.165) is 30.9 Å². The quantitative estimate of drug-likeness (QED) is 0.854. The van der Waals surface area contributed by atoms with Crippen LogP contribution in [-0.4, -0.2) is 41.9 Å². The lowest BCUT2D eigenvalue weighted by Crippen LogP contribution is -2.37. The largest absolute Gasteiger partial charge is 0.367 e. The molecule has 1 aromatic heterocycles. The van der Waals surface area contributed by atoms with E-state index in [1.165, 1.54) is 11.3 Å². The summed E-state index contributed by atoms with van der Waals surface area (Å²) in [6.07, 6.45) is 2.25. The van der Waals surface area contributed by atoms with Crippen LogP contribution < -0.4 is 10.6 Å². The molecule has 0 aliphatic carbocycles. The molecule has 1 aliphatic heterocycles. The van der Waals surface area contributed by atoms with Crippen LogP contribution in [0.1, 0.15) is 37.6 Å². The SMILES string of the molecule is CC(C)c1nnc(NC(=O)COC2CCCNC2)s1. The highest BCUT2D eigenvalue weighted by Gasteiger charge is 2.16. The number of hydrogen-bond donors (Lipinski definition) is 2. The van der Waals surface area contributed by atoms with E-state index in [1.807, 2.05) is 13.8 Å². The molecule has 0 aromatic carbocycles. The Hall–Kier alpha value is -1.05. The second-order valence-electron chi connectivity index (χ2n) is 4.93. The molecule has 1 saturated heterocycles. The number of piperidine rings is 1. The van der Waals surface area contributed by atoms with Crippen molar-refractivity contribution in [1.82, 2.24) is 15.5 Å². The van der Waals surface area contributed by atoms with Crippen molar-refractivity contribution in [3.8, 4) is 0 Å². The number of anilines is 1. The first-order chi connectivity index (χ1) is 9.15. The van der Waals surface area contributed by atoms with Crippen molar-refractivity contribution >= 4 is 22.4 Å². The Kier molecular flexibility index (Phi) is 5.24. The van der Waals surface area contributed by atoms with Crippen molar-refractivity contribution in [1.29, 1.82) is 0 Å². The summed E-state index contributed by atoms with van der Waals surface area (Å²) in [5.41, 5.74) is 0. The molecule has 2 heterocycles. The van der Waals surface area contributed by atoms with E-state index in [9.17, 15) is 4.79 Å². The first-order valence-corrected chi connectivity index (χ1v) is 7.42. The topological polar surface area (TPSA) is 76.1 Å². The van der Waals surface area contributed by atoms with Crippen molar-refractivity contribution in [2.75, 3.05) is 25.0 Å². The number of amides is 1. The molecule has 2 rings (SSSR count). The Bertz CT molecular complexity index is 416. The van der Waals surface area contributed by atoms with Crippen LogP contribution in [0.25, 0.3) is 0 Å². The van der Waals surface area contributed by atoms with Crippen LogP contribution in [0.5, 0.6) is 0 Å². The van der Waals surface area contributed by atoms with Crippen LogP contribution in [-0.2, 0) is 9.53 Å². The first kappa shape index (κ1) is 14.4. The highest BCUT2D eigenvalue weighted by atomic mass is 32.1. The fourth-order valence-electron chi connectivity index (χ4n) is 1.83. The van der Waals surface area contributed by atoms with Gasteiger partial charge in [0, 0.05) is 12.5 Å². The summed E-state index contributed by atoms with van der Waals surface area (Å²) >= 11 is 1.41. The maximum Gasteiger partial charge on any atom is 0.252 e. The molecule has 1 amide bonds. The van der Waals surface area contributed by atoms with Crippen molar-refractivity contribution < 1.29 is 9.53 Å². The summed E-state index contributed by atoms with van der Waals surface area (Å²) < 4.78 is 5.55. The first-order valence-electron chi connectivity index (χ1n) is 6.60. The molecule has 7 heteroatoms. The van der Waals surface area contributed by atoms with Gasteiger partial charge < -0.3 is 10.1 Å². The van der Waals surface area contributed by atoms with Gasteiger partial charge >= 0.3 is 0 Å². The summed E-state index contributed by atoms with van der Waals surface area (Å²) in [4.78, 5) is 11.7. The van der Waals surface area contributed by atoms with Gasteiger partial charge in [-0.3, -0.25) is 10.1 Å². The summed E-state index contributed by atoms with van der Waals surface area (Å²) in [6.45, 7) is 6.03. The smallest absolute Gasteiger partial charge is 0.252 e. The van der Waals surface area contributed by atoms with Crippen molar-refractivity contribution in [3.63, 3.8) is 0 Å². The van der Waals surface area contributed by atoms with Gasteiger partial charge in [0.15, 0.2) is 0 Å². The second-order valence-corrected chi connectivity index (χ2v) is 5.94. The zero-order chi connectivity index (χ0) is 13.7. The molecular formula is C12H20N4O2S. The summed E-state index contributed by atoms with van der Waals surface area (Å²) in [5, 5.41) is 15.4. The normalized spacial score (nSPS) is 19.6. The van der Waals surface area contributed by atoms with Crippen LogP contribution in [0.4, 0.5) is 5.13 Å². The number of carbonyl (C=O) groups excluding carboxylic acids is 1. The summed E-state index contributed by atoms with van der Waals surface area (Å²) in [7, 11) is 0. The number of hydrogen-bond acceptors (Lipinski definition) is 6. The van der Waals surface area contributed by atoms with Gasteiger partial charge in [-0.2, -0.15) is 0 Å². The van der Waals surface area contributed by atoms with Gasteiger partial charge in [-0.15, -0.1) is 10.2 Å². The van der Waals surface area contributed by atoms with E-state index in [2.05, 4.69) is 20.8 Å². The fraction of sp³-hybridized carbons (Fsp3) is 0.750. The maximum atomic E-state index is 11.7. The Balaban J connectivity index is 1.73. The lowest BCUT2D eigenvalue weighted by molar-refractivity contribution is -0.122. The molecule has 1 atom stereocenters. The molecule has 1 fully saturated rings. The Morgan fingerprint density at radius 2 is 2.42 bits per heavy atom. The van der Waals surface area contributed by atoms with Gasteiger partial charge in [-0.1, -0.05) is 25.2 Å². The van der Waals surface area contributed by atoms with Crippen LogP contribution in [0.3, 0.4) is 0 Å². The number of carbonyl (C=O) groups is 1. The number of rotatable bonds is 5. The van der Waals surface area contributed by atoms with E-state index in [1.54, 1.807) is 0 Å². The van der Waals surface area contributed by atoms with Gasteiger partial charge in [0.25, 0.3) is 5.91 Å². The predicted molar refractivity (Wildman–Crippen MR) is 74.5 cm³/mol. The molecular weight excluding hydrogens is 264 g/mol. The standard InChI is InChI=1S/C12H20N4O2S/c1-8(2)11-15-16-12(19-11)14-10(17)7-18-9-4-3-5-13-6-9/h8-9,13H,3-7H2,1-2H3,(H,14,16,17). The van der Waals surface area contributed by atoms with Crippen LogP contribution in [0, 0.1) is 0 Å². The molecule has 1 unspecified atom stereocenters. The van der Waals surface area contributed by atoms with Gasteiger partial charge in [0.2, 0.25) is 5.13 Å². The molecule has 0 saturated carbocycles. The Morgan fingerprint density at radius 3 is 3.05 bits per heavy atom. The molecule has 106 valence electrons. The minimum absolute atomic E-state index is 0.0724. The van der Waals surface area contributed by atoms with Crippen LogP contribution >= 0.6 is 11.3 Å². The highest BCUT2D eigenvalue weighted by molar-refractivity contribution is 7.15. The minimum atomic E-state index is -0.169. The minimum Gasteiger partial charge on any atom is -0.367 e. The molecule has 2 N–H and O–H groups in total. The van der Waals surface area contributed by atoms with E-state index >= 15 is 0 Å². The molecule has 19 heavy (non-hydrogen) atoms. The maximum absolute atomic E-state index is 11.7. The number of nitrogens with one attached hydrogen (secondary N) is 2. The lowest BCUT2D eigenvalue weighted by atomic mass is 10.1. The predicted octanol–water partition coefficient (Wildman–Crippen LogP) is 1.37. The number of ether oxygens (including phenoxy) is 1. The third-order valence-corrected chi connectivity index (χ3v) is 4.02. The molecule has 1 aromatic rings. The van der Waals surface area contributed by atoms with Gasteiger partial charge in [0.1, 0.15) is 11.6 Å². The third-order valence-electron chi connectivity index (χ3n) is 2.88. The van der Waals surface area contributed by atoms with E-state index in [4.69, 9.17) is 4.74 Å². The number of aromatic nitrogens is 2. The van der Waals surface area contributed by atoms with Gasteiger partial charge in [-0.25, -0.2) is 0 Å². The van der Waals surface area contributed by atoms with Gasteiger partial charge in [-0.05, 0) is 19.4 Å². The third kappa shape index (κ3) is 4.52. The zero-order valence-corrected chi connectivity index (χ0v) is 12.1. The zero-order valence-electron chi connectivity index (χ0n) is 11.3. The van der Waals surface area contributed by atoms with Crippen LogP contribution in [0.2, 0.25) is 0 Å². The Morgan fingerprint density at radius 1 is 1.58 bits per heavy atom. The average molecular weight is 284 g/mol. The number of nitrogens with zero attached hydrogens (tertiary/aromatic N) is 2. The monoisotopic (exact) mass is 284 g/mol. The van der Waals surface area contributed by atoms with E-state index in [-0.39, 0.29) is 18.6 Å². The van der Waals surface area contributed by atoms with Crippen molar-refractivity contribution in [2.24, 2.45) is 0 Å². The summed E-state index contributed by atoms with van der Waals surface area (Å²) in [6, 6.07) is 0. The highest BCUT2D eigenvalue weighted by Crippen LogP contribution is 2.22. The van der Waals surface area contributed by atoms with Gasteiger partial charge in [0.05, 0.1) is 6.10 Å². The molecule has 1 aliphatic rings. The molecule has 0 bridgehead atoms. The average Bonchev–Trinajstić information content (AvgIpc) is 2.86.